The van der Waals surface area contributed by atoms with Crippen LogP contribution in [0.5, 0.6) is 11.5 Å². The van der Waals surface area contributed by atoms with Crippen LogP contribution in [0.15, 0.2) is 35.7 Å². The molecule has 1 aromatic heterocycles. The second kappa shape index (κ2) is 10.7. The third kappa shape index (κ3) is 5.79. The highest BCUT2D eigenvalue weighted by Gasteiger charge is 2.33. The van der Waals surface area contributed by atoms with Crippen LogP contribution in [-0.2, 0) is 16.0 Å². The summed E-state index contributed by atoms with van der Waals surface area (Å²) in [5.41, 5.74) is 1.14. The van der Waals surface area contributed by atoms with Gasteiger partial charge in [-0.15, -0.1) is 11.3 Å². The Bertz CT molecular complexity index is 895. The first kappa shape index (κ1) is 23.1. The van der Waals surface area contributed by atoms with Crippen LogP contribution in [0, 0.1) is 5.92 Å². The predicted molar refractivity (Wildman–Crippen MR) is 123 cm³/mol. The first-order valence-electron chi connectivity index (χ1n) is 10.8. The largest absolute Gasteiger partial charge is 0.493 e. The van der Waals surface area contributed by atoms with Crippen LogP contribution in [0.2, 0.25) is 0 Å². The number of ether oxygens (including phenoxy) is 2. The third-order valence-electron chi connectivity index (χ3n) is 5.63. The second-order valence-electron chi connectivity index (χ2n) is 8.24. The van der Waals surface area contributed by atoms with Crippen LogP contribution in [0.1, 0.15) is 43.7 Å². The van der Waals surface area contributed by atoms with Crippen molar-refractivity contribution < 1.29 is 19.1 Å². The molecule has 0 aliphatic carbocycles. The molecule has 2 heterocycles. The topological polar surface area (TPSA) is 59.1 Å². The van der Waals surface area contributed by atoms with Crippen LogP contribution in [0.25, 0.3) is 0 Å². The average molecular weight is 445 g/mol. The average Bonchev–Trinajstić information content (AvgIpc) is 3.23. The van der Waals surface area contributed by atoms with Crippen molar-refractivity contribution in [2.45, 2.75) is 39.7 Å². The Balaban J connectivity index is 1.76. The lowest BCUT2D eigenvalue weighted by atomic mass is 10.0. The zero-order valence-corrected chi connectivity index (χ0v) is 19.6. The van der Waals surface area contributed by atoms with E-state index in [4.69, 9.17) is 9.47 Å². The normalized spacial score (nSPS) is 15.5. The lowest BCUT2D eigenvalue weighted by Gasteiger charge is -2.37. The molecule has 0 radical (unpaired) electrons. The number of amides is 2. The minimum absolute atomic E-state index is 0.0376. The van der Waals surface area contributed by atoms with Crippen LogP contribution in [0.4, 0.5) is 0 Å². The predicted octanol–water partition coefficient (Wildman–Crippen LogP) is 4.16. The second-order valence-corrected chi connectivity index (χ2v) is 9.24. The fourth-order valence-electron chi connectivity index (χ4n) is 3.80. The van der Waals surface area contributed by atoms with Gasteiger partial charge in [0.2, 0.25) is 11.8 Å². The highest BCUT2D eigenvalue weighted by Crippen LogP contribution is 2.35. The summed E-state index contributed by atoms with van der Waals surface area (Å²) < 4.78 is 11.5. The van der Waals surface area contributed by atoms with Crippen molar-refractivity contribution >= 4 is 23.2 Å². The van der Waals surface area contributed by atoms with E-state index in [1.165, 1.54) is 11.8 Å². The summed E-state index contributed by atoms with van der Waals surface area (Å²) in [6.07, 6.45) is 1.71. The molecule has 0 N–H and O–H groups in total. The number of carbonyl (C=O) groups excluding carboxylic acids is 2. The first-order valence-corrected chi connectivity index (χ1v) is 11.7. The Hall–Kier alpha value is -2.54. The van der Waals surface area contributed by atoms with Crippen molar-refractivity contribution in [3.05, 3.63) is 46.2 Å². The van der Waals surface area contributed by atoms with Gasteiger partial charge in [0, 0.05) is 24.9 Å². The molecule has 0 saturated heterocycles. The van der Waals surface area contributed by atoms with Crippen molar-refractivity contribution in [2.24, 2.45) is 5.92 Å². The first-order chi connectivity index (χ1) is 14.9. The molecule has 1 atom stereocenters. The molecule has 2 amide bonds. The van der Waals surface area contributed by atoms with Gasteiger partial charge in [-0.3, -0.25) is 9.59 Å². The quantitative estimate of drug-likeness (QED) is 0.583. The minimum atomic E-state index is -0.189. The van der Waals surface area contributed by atoms with Crippen LogP contribution >= 0.6 is 11.3 Å². The molecule has 0 fully saturated rings. The number of hydrogen-bond donors (Lipinski definition) is 0. The summed E-state index contributed by atoms with van der Waals surface area (Å²) in [4.78, 5) is 30.2. The van der Waals surface area contributed by atoms with E-state index < -0.39 is 0 Å². The fourth-order valence-corrected chi connectivity index (χ4v) is 4.73. The Labute approximate surface area is 188 Å². The highest BCUT2D eigenvalue weighted by molar-refractivity contribution is 7.10. The Morgan fingerprint density at radius 3 is 2.65 bits per heavy atom. The molecule has 1 aliphatic heterocycles. The number of fused-ring (bicyclic) bond motifs is 1. The van der Waals surface area contributed by atoms with Gasteiger partial charge in [-0.25, -0.2) is 0 Å². The maximum absolute atomic E-state index is 13.3. The minimum Gasteiger partial charge on any atom is -0.493 e. The van der Waals surface area contributed by atoms with Gasteiger partial charge in [-0.2, -0.15) is 0 Å². The van der Waals surface area contributed by atoms with Crippen molar-refractivity contribution in [1.29, 1.82) is 0 Å². The van der Waals surface area contributed by atoms with Gasteiger partial charge < -0.3 is 19.3 Å². The molecular formula is C24H32N2O4S. The van der Waals surface area contributed by atoms with E-state index in [0.717, 1.165) is 18.4 Å². The monoisotopic (exact) mass is 444 g/mol. The summed E-state index contributed by atoms with van der Waals surface area (Å²) in [6, 6.07) is 9.41. The third-order valence-corrected chi connectivity index (χ3v) is 6.63. The molecule has 0 spiro atoms. The number of thiophene rings is 1. The maximum atomic E-state index is 13.3. The fraction of sp³-hybridized carbons (Fsp3) is 0.500. The lowest BCUT2D eigenvalue weighted by Crippen LogP contribution is -2.47. The van der Waals surface area contributed by atoms with Gasteiger partial charge in [-0.05, 0) is 47.9 Å². The molecular weight excluding hydrogens is 412 g/mol. The molecule has 6 nitrogen and oxygen atoms in total. The summed E-state index contributed by atoms with van der Waals surface area (Å²) in [6.45, 7) is 7.43. The lowest BCUT2D eigenvalue weighted by molar-refractivity contribution is -0.142. The zero-order valence-electron chi connectivity index (χ0n) is 18.8. The standard InChI is InChI=1S/C24H32N2O4S/c1-17(2)9-12-25(18(3)27)15-24(28)26-13-10-23-19(11-14-31-23)20(26)16-30-22-8-6-5-7-21(22)29-4/h5-8,11,14,17,20H,9-10,12-13,15-16H2,1-4H3/t20-/m1/s1. The molecule has 0 saturated carbocycles. The van der Waals surface area contributed by atoms with Crippen molar-refractivity contribution in [2.75, 3.05) is 33.4 Å². The van der Waals surface area contributed by atoms with E-state index in [1.807, 2.05) is 29.2 Å². The smallest absolute Gasteiger partial charge is 0.242 e. The SMILES string of the molecule is COc1ccccc1OC[C@@H]1c2ccsc2CCN1C(=O)CN(CCC(C)C)C(C)=O. The van der Waals surface area contributed by atoms with Crippen molar-refractivity contribution in [3.8, 4) is 11.5 Å². The number of methoxy groups -OCH3 is 1. The van der Waals surface area contributed by atoms with E-state index >= 15 is 0 Å². The molecule has 168 valence electrons. The van der Waals surface area contributed by atoms with Gasteiger partial charge in [0.25, 0.3) is 0 Å². The zero-order chi connectivity index (χ0) is 22.4. The van der Waals surface area contributed by atoms with Crippen LogP contribution in [0.3, 0.4) is 0 Å². The summed E-state index contributed by atoms with van der Waals surface area (Å²) in [7, 11) is 1.61. The molecule has 3 rings (SSSR count). The molecule has 31 heavy (non-hydrogen) atoms. The van der Waals surface area contributed by atoms with Crippen molar-refractivity contribution in [3.63, 3.8) is 0 Å². The van der Waals surface area contributed by atoms with E-state index in [2.05, 4.69) is 25.3 Å². The molecule has 7 heteroatoms. The molecule has 0 unspecified atom stereocenters. The van der Waals surface area contributed by atoms with E-state index in [0.29, 0.717) is 37.1 Å². The van der Waals surface area contributed by atoms with Gasteiger partial charge >= 0.3 is 0 Å². The Morgan fingerprint density at radius 1 is 1.23 bits per heavy atom. The van der Waals surface area contributed by atoms with Crippen LogP contribution in [-0.4, -0.2) is 55.0 Å². The summed E-state index contributed by atoms with van der Waals surface area (Å²) >= 11 is 1.72. The number of rotatable bonds is 9. The molecule has 1 aromatic carbocycles. The summed E-state index contributed by atoms with van der Waals surface area (Å²) in [5, 5.41) is 2.07. The van der Waals surface area contributed by atoms with E-state index in [1.54, 1.807) is 23.3 Å². The van der Waals surface area contributed by atoms with Gasteiger partial charge in [0.15, 0.2) is 11.5 Å². The highest BCUT2D eigenvalue weighted by atomic mass is 32.1. The van der Waals surface area contributed by atoms with Crippen molar-refractivity contribution in [1.82, 2.24) is 9.80 Å². The number of nitrogens with zero attached hydrogens (tertiary/aromatic N) is 2. The maximum Gasteiger partial charge on any atom is 0.242 e. The number of para-hydroxylation sites is 2. The number of benzene rings is 1. The Morgan fingerprint density at radius 2 is 1.97 bits per heavy atom. The summed E-state index contributed by atoms with van der Waals surface area (Å²) in [5.74, 6) is 1.69. The van der Waals surface area contributed by atoms with Gasteiger partial charge in [-0.1, -0.05) is 26.0 Å². The molecule has 0 bridgehead atoms. The molecule has 2 aromatic rings. The number of carbonyl (C=O) groups is 2. The Kier molecular flexibility index (Phi) is 7.96. The van der Waals surface area contributed by atoms with Crippen LogP contribution < -0.4 is 9.47 Å². The molecule has 1 aliphatic rings. The van der Waals surface area contributed by atoms with E-state index in [9.17, 15) is 9.59 Å². The number of hydrogen-bond acceptors (Lipinski definition) is 5. The van der Waals surface area contributed by atoms with Gasteiger partial charge in [0.1, 0.15) is 6.61 Å². The van der Waals surface area contributed by atoms with Gasteiger partial charge in [0.05, 0.1) is 19.7 Å². The van der Waals surface area contributed by atoms with E-state index in [-0.39, 0.29) is 24.4 Å².